The summed E-state index contributed by atoms with van der Waals surface area (Å²) in [4.78, 5) is 26.4. The van der Waals surface area contributed by atoms with E-state index >= 15 is 0 Å². The number of hydrogen-bond donors (Lipinski definition) is 2. The third-order valence-corrected chi connectivity index (χ3v) is 5.72. The summed E-state index contributed by atoms with van der Waals surface area (Å²) < 4.78 is 11.1. The highest BCUT2D eigenvalue weighted by molar-refractivity contribution is 6.31. The summed E-state index contributed by atoms with van der Waals surface area (Å²) in [7, 11) is 0. The summed E-state index contributed by atoms with van der Waals surface area (Å²) in [5.41, 5.74) is 6.80. The number of benzene rings is 1. The van der Waals surface area contributed by atoms with Crippen LogP contribution in [0.25, 0.3) is 0 Å². The molecule has 1 aromatic rings. The smallest absolute Gasteiger partial charge is 0.336 e. The van der Waals surface area contributed by atoms with E-state index in [9.17, 15) is 9.59 Å². The van der Waals surface area contributed by atoms with Crippen LogP contribution in [0.5, 0.6) is 0 Å². The number of carbonyl (C=O) groups is 2. The van der Waals surface area contributed by atoms with Gasteiger partial charge < -0.3 is 20.5 Å². The Morgan fingerprint density at radius 3 is 2.70 bits per heavy atom. The first-order chi connectivity index (χ1) is 14.3. The maximum absolute atomic E-state index is 13.3. The zero-order valence-corrected chi connectivity index (χ0v) is 18.6. The number of ether oxygens (including phenoxy) is 2. The van der Waals surface area contributed by atoms with E-state index in [1.54, 1.807) is 13.0 Å². The van der Waals surface area contributed by atoms with Gasteiger partial charge in [-0.05, 0) is 30.4 Å². The Kier molecular flexibility index (Phi) is 7.01. The average molecular weight is 434 g/mol. The fourth-order valence-electron chi connectivity index (χ4n) is 4.21. The molecule has 0 fully saturated rings. The first-order valence-corrected chi connectivity index (χ1v) is 10.7. The Labute approximate surface area is 182 Å². The molecule has 2 aliphatic rings. The Morgan fingerprint density at radius 1 is 1.30 bits per heavy atom. The quantitative estimate of drug-likeness (QED) is 0.509. The van der Waals surface area contributed by atoms with Crippen LogP contribution in [0.4, 0.5) is 0 Å². The van der Waals surface area contributed by atoms with Crippen molar-refractivity contribution in [1.82, 2.24) is 5.32 Å². The summed E-state index contributed by atoms with van der Waals surface area (Å²) in [6, 6.07) is 7.34. The van der Waals surface area contributed by atoms with Crippen molar-refractivity contribution in [2.24, 2.45) is 5.41 Å². The van der Waals surface area contributed by atoms with Crippen LogP contribution in [0.3, 0.4) is 0 Å². The van der Waals surface area contributed by atoms with Gasteiger partial charge in [0.05, 0.1) is 37.6 Å². The maximum Gasteiger partial charge on any atom is 0.336 e. The highest BCUT2D eigenvalue weighted by Gasteiger charge is 2.44. The van der Waals surface area contributed by atoms with E-state index in [2.05, 4.69) is 24.9 Å². The third-order valence-electron chi connectivity index (χ3n) is 5.37. The van der Waals surface area contributed by atoms with Crippen molar-refractivity contribution >= 4 is 23.4 Å². The zero-order chi connectivity index (χ0) is 21.9. The SMILES string of the molecule is CCOC(=O)C1=C(COCC[NH3+])NC2=C(C(=O)CC(C)(C)C2)[C@H]1c1ccccc1Cl. The Bertz CT molecular complexity index is 904. The first-order valence-electron chi connectivity index (χ1n) is 10.3. The minimum absolute atomic E-state index is 0.0261. The van der Waals surface area contributed by atoms with E-state index in [4.69, 9.17) is 21.1 Å². The number of halogens is 1. The number of hydrogen-bond acceptors (Lipinski definition) is 5. The molecule has 0 saturated carbocycles. The standard InChI is InChI=1S/C23H29ClN2O4/c1-4-30-22(28)21-17(13-29-10-9-25)26-16-11-23(2,3)12-18(27)20(16)19(21)14-7-5-6-8-15(14)24/h5-8,19,26H,4,9-13,25H2,1-3H3/p+1/t19-/m1/s1. The van der Waals surface area contributed by atoms with Crippen LogP contribution >= 0.6 is 11.6 Å². The monoisotopic (exact) mass is 433 g/mol. The van der Waals surface area contributed by atoms with Gasteiger partial charge >= 0.3 is 5.97 Å². The molecule has 4 N–H and O–H groups in total. The molecule has 0 unspecified atom stereocenters. The van der Waals surface area contributed by atoms with Crippen LogP contribution in [0.1, 0.15) is 45.1 Å². The highest BCUT2D eigenvalue weighted by atomic mass is 35.5. The van der Waals surface area contributed by atoms with Gasteiger partial charge in [-0.25, -0.2) is 4.79 Å². The number of nitrogens with one attached hydrogen (secondary N) is 1. The molecule has 162 valence electrons. The lowest BCUT2D eigenvalue weighted by Gasteiger charge is -2.40. The van der Waals surface area contributed by atoms with Gasteiger partial charge in [0.25, 0.3) is 0 Å². The summed E-state index contributed by atoms with van der Waals surface area (Å²) in [5, 5.41) is 3.87. The van der Waals surface area contributed by atoms with Crippen LogP contribution in [-0.4, -0.2) is 38.1 Å². The highest BCUT2D eigenvalue weighted by Crippen LogP contribution is 2.48. The number of dihydropyridines is 1. The first kappa shape index (κ1) is 22.5. The molecule has 0 bridgehead atoms. The molecular weight excluding hydrogens is 404 g/mol. The molecule has 7 heteroatoms. The Balaban J connectivity index is 2.19. The number of carbonyl (C=O) groups excluding carboxylic acids is 2. The lowest BCUT2D eigenvalue weighted by atomic mass is 9.68. The predicted molar refractivity (Wildman–Crippen MR) is 115 cm³/mol. The average Bonchev–Trinajstić information content (AvgIpc) is 2.66. The number of allylic oxidation sites excluding steroid dienone is 2. The number of rotatable bonds is 7. The molecule has 0 amide bonds. The topological polar surface area (TPSA) is 92.3 Å². The largest absolute Gasteiger partial charge is 0.463 e. The predicted octanol–water partition coefficient (Wildman–Crippen LogP) is 2.75. The van der Waals surface area contributed by atoms with Crippen molar-refractivity contribution in [3.8, 4) is 0 Å². The van der Waals surface area contributed by atoms with Crippen LogP contribution in [0, 0.1) is 5.41 Å². The summed E-state index contributed by atoms with van der Waals surface area (Å²) >= 11 is 6.55. The summed E-state index contributed by atoms with van der Waals surface area (Å²) in [5.74, 6) is -1.03. The van der Waals surface area contributed by atoms with Crippen LogP contribution in [0.15, 0.2) is 46.8 Å². The number of Topliss-reactive ketones (excluding diaryl/α,β-unsaturated/α-hetero) is 1. The lowest BCUT2D eigenvalue weighted by molar-refractivity contribution is -0.373. The van der Waals surface area contributed by atoms with Gasteiger partial charge in [-0.1, -0.05) is 43.6 Å². The van der Waals surface area contributed by atoms with Gasteiger partial charge in [0.1, 0.15) is 0 Å². The van der Waals surface area contributed by atoms with Crippen molar-refractivity contribution < 1.29 is 24.8 Å². The molecule has 0 saturated heterocycles. The molecule has 6 nitrogen and oxygen atoms in total. The summed E-state index contributed by atoms with van der Waals surface area (Å²) in [6.07, 6.45) is 1.11. The molecule has 1 atom stereocenters. The van der Waals surface area contributed by atoms with E-state index < -0.39 is 11.9 Å². The fraction of sp³-hybridized carbons (Fsp3) is 0.478. The van der Waals surface area contributed by atoms with Gasteiger partial charge in [0.15, 0.2) is 5.78 Å². The lowest BCUT2D eigenvalue weighted by Crippen LogP contribution is -2.52. The molecule has 0 spiro atoms. The summed E-state index contributed by atoms with van der Waals surface area (Å²) in [6.45, 7) is 7.43. The molecule has 0 aromatic heterocycles. The molecule has 1 aromatic carbocycles. The van der Waals surface area contributed by atoms with Crippen molar-refractivity contribution in [1.29, 1.82) is 0 Å². The van der Waals surface area contributed by atoms with Gasteiger partial charge in [0.2, 0.25) is 0 Å². The second-order valence-electron chi connectivity index (χ2n) is 8.43. The zero-order valence-electron chi connectivity index (χ0n) is 17.8. The van der Waals surface area contributed by atoms with Gasteiger partial charge in [-0.15, -0.1) is 0 Å². The molecule has 1 heterocycles. The van der Waals surface area contributed by atoms with E-state index in [-0.39, 0.29) is 24.4 Å². The van der Waals surface area contributed by atoms with E-state index in [0.29, 0.717) is 47.9 Å². The van der Waals surface area contributed by atoms with Gasteiger partial charge in [-0.3, -0.25) is 4.79 Å². The van der Waals surface area contributed by atoms with Crippen molar-refractivity contribution in [2.45, 2.75) is 39.5 Å². The van der Waals surface area contributed by atoms with E-state index in [1.165, 1.54) is 0 Å². The Morgan fingerprint density at radius 2 is 2.03 bits per heavy atom. The minimum atomic E-state index is -0.587. The molecule has 0 radical (unpaired) electrons. The van der Waals surface area contributed by atoms with Crippen LogP contribution in [0.2, 0.25) is 5.02 Å². The van der Waals surface area contributed by atoms with Crippen LogP contribution < -0.4 is 11.1 Å². The molecule has 3 rings (SSSR count). The van der Waals surface area contributed by atoms with Crippen LogP contribution in [-0.2, 0) is 19.1 Å². The van der Waals surface area contributed by atoms with Crippen molar-refractivity contribution in [3.63, 3.8) is 0 Å². The molecule has 1 aliphatic heterocycles. The Hall–Kier alpha value is -2.15. The minimum Gasteiger partial charge on any atom is -0.463 e. The fourth-order valence-corrected chi connectivity index (χ4v) is 4.45. The number of quaternary nitrogens is 1. The van der Waals surface area contributed by atoms with Crippen molar-refractivity contribution in [3.05, 3.63) is 57.4 Å². The second-order valence-corrected chi connectivity index (χ2v) is 8.84. The van der Waals surface area contributed by atoms with E-state index in [0.717, 1.165) is 11.3 Å². The third kappa shape index (κ3) is 4.61. The van der Waals surface area contributed by atoms with E-state index in [1.807, 2.05) is 18.2 Å². The van der Waals surface area contributed by atoms with Gasteiger partial charge in [-0.2, -0.15) is 0 Å². The molecule has 30 heavy (non-hydrogen) atoms. The normalized spacial score (nSPS) is 20.7. The van der Waals surface area contributed by atoms with Crippen molar-refractivity contribution in [2.75, 3.05) is 26.4 Å². The maximum atomic E-state index is 13.3. The molecular formula is C23H30ClN2O4+. The number of esters is 1. The van der Waals surface area contributed by atoms with Gasteiger partial charge in [0, 0.05) is 28.6 Å². The number of ketones is 1. The second kappa shape index (κ2) is 9.33. The molecule has 1 aliphatic carbocycles.